The normalized spacial score (nSPS) is 18.1. The molecule has 10 nitrogen and oxygen atoms in total. The monoisotopic (exact) mass is 582 g/mol. The van der Waals surface area contributed by atoms with Crippen LogP contribution in [0.25, 0.3) is 11.1 Å². The van der Waals surface area contributed by atoms with Gasteiger partial charge in [0.05, 0.1) is 20.3 Å². The van der Waals surface area contributed by atoms with Gasteiger partial charge in [0.2, 0.25) is 0 Å². The summed E-state index contributed by atoms with van der Waals surface area (Å²) < 4.78 is 37.3. The summed E-state index contributed by atoms with van der Waals surface area (Å²) >= 11 is 0. The van der Waals surface area contributed by atoms with E-state index in [0.717, 1.165) is 29.5 Å². The van der Waals surface area contributed by atoms with Crippen molar-refractivity contribution in [3.05, 3.63) is 52.3 Å². The van der Waals surface area contributed by atoms with Gasteiger partial charge in [0.1, 0.15) is 24.2 Å². The smallest absolute Gasteiger partial charge is 0.409 e. The first-order valence-corrected chi connectivity index (χ1v) is 14.3. The lowest BCUT2D eigenvalue weighted by atomic mass is 9.91. The third-order valence-corrected chi connectivity index (χ3v) is 7.85. The predicted molar refractivity (Wildman–Crippen MR) is 149 cm³/mol. The maximum Gasteiger partial charge on any atom is 0.409 e. The Morgan fingerprint density at radius 2 is 1.93 bits per heavy atom. The number of unbranched alkanes of at least 4 members (excludes halogenated alkanes) is 1. The van der Waals surface area contributed by atoms with E-state index in [0.29, 0.717) is 42.7 Å². The topological polar surface area (TPSA) is 120 Å². The Bertz CT molecular complexity index is 1390. The number of aryl methyl sites for hydroxylation is 1. The van der Waals surface area contributed by atoms with E-state index in [9.17, 15) is 19.2 Å². The van der Waals surface area contributed by atoms with Crippen LogP contribution in [-0.2, 0) is 43.2 Å². The molecule has 2 heterocycles. The van der Waals surface area contributed by atoms with E-state index in [1.165, 1.54) is 24.1 Å². The predicted octanol–water partition coefficient (Wildman–Crippen LogP) is 3.74. The molecule has 1 N–H and O–H groups in total. The van der Waals surface area contributed by atoms with Crippen LogP contribution in [0, 0.1) is 5.82 Å². The molecule has 224 valence electrons. The molecule has 0 spiro atoms. The summed E-state index contributed by atoms with van der Waals surface area (Å²) in [4.78, 5) is 52.0. The number of benzene rings is 2. The van der Waals surface area contributed by atoms with Gasteiger partial charge in [0.15, 0.2) is 11.9 Å². The second kappa shape index (κ2) is 12.9. The standard InChI is InChI=1S/C31H35FN2O8/c1-3-4-9-41-31(38)34-8-5-10-40-28(16-34)29(36)33-25(30(37)39-2)13-19-14-27-23(15-24(19)32)21-11-18-6-7-26(35)22(18)12-20(21)17-42-27/h11-12,14-15,25,28H,3-10,13,16-17H2,1-2H3,(H,33,36)/t25-,28-/m0/s1. The zero-order valence-corrected chi connectivity index (χ0v) is 23.8. The summed E-state index contributed by atoms with van der Waals surface area (Å²) in [5.41, 5.74) is 4.00. The average molecular weight is 583 g/mol. The lowest BCUT2D eigenvalue weighted by molar-refractivity contribution is -0.147. The zero-order chi connectivity index (χ0) is 29.8. The number of rotatable bonds is 8. The number of ether oxygens (including phenoxy) is 4. The molecule has 1 fully saturated rings. The quantitative estimate of drug-likeness (QED) is 0.369. The van der Waals surface area contributed by atoms with Gasteiger partial charge in [-0.1, -0.05) is 13.3 Å². The molecule has 2 aromatic rings. The van der Waals surface area contributed by atoms with E-state index in [4.69, 9.17) is 18.9 Å². The number of esters is 1. The third-order valence-electron chi connectivity index (χ3n) is 7.85. The molecule has 2 amide bonds. The number of nitrogens with zero attached hydrogens (tertiary/aromatic N) is 1. The summed E-state index contributed by atoms with van der Waals surface area (Å²) in [6.45, 7) is 3.08. The van der Waals surface area contributed by atoms with Crippen molar-refractivity contribution in [2.75, 3.05) is 33.4 Å². The van der Waals surface area contributed by atoms with E-state index in [1.807, 2.05) is 19.1 Å². The summed E-state index contributed by atoms with van der Waals surface area (Å²) in [6.07, 6.45) is 1.50. The van der Waals surface area contributed by atoms with Crippen LogP contribution >= 0.6 is 0 Å². The molecule has 1 aliphatic carbocycles. The van der Waals surface area contributed by atoms with Crippen molar-refractivity contribution in [1.29, 1.82) is 0 Å². The Morgan fingerprint density at radius 1 is 1.12 bits per heavy atom. The number of methoxy groups -OCH3 is 1. The fourth-order valence-corrected chi connectivity index (χ4v) is 5.51. The van der Waals surface area contributed by atoms with Crippen molar-refractivity contribution in [3.63, 3.8) is 0 Å². The van der Waals surface area contributed by atoms with Gasteiger partial charge in [-0.2, -0.15) is 0 Å². The molecule has 2 aromatic carbocycles. The van der Waals surface area contributed by atoms with Crippen molar-refractivity contribution in [3.8, 4) is 16.9 Å². The molecular formula is C31H35FN2O8. The van der Waals surface area contributed by atoms with Gasteiger partial charge in [-0.3, -0.25) is 9.59 Å². The van der Waals surface area contributed by atoms with Gasteiger partial charge in [-0.05, 0) is 65.8 Å². The van der Waals surface area contributed by atoms with E-state index in [2.05, 4.69) is 5.32 Å². The van der Waals surface area contributed by atoms with Gasteiger partial charge in [0, 0.05) is 37.1 Å². The van der Waals surface area contributed by atoms with E-state index < -0.39 is 35.9 Å². The Balaban J connectivity index is 1.31. The first kappa shape index (κ1) is 29.5. The zero-order valence-electron chi connectivity index (χ0n) is 23.8. The van der Waals surface area contributed by atoms with Crippen molar-refractivity contribution in [2.45, 2.75) is 64.2 Å². The maximum absolute atomic E-state index is 15.5. The van der Waals surface area contributed by atoms with Crippen LogP contribution in [0.2, 0.25) is 0 Å². The average Bonchev–Trinajstić information content (AvgIpc) is 3.18. The number of nitrogens with one attached hydrogen (secondary N) is 1. The molecule has 3 aliphatic rings. The molecule has 5 rings (SSSR count). The fourth-order valence-electron chi connectivity index (χ4n) is 5.51. The second-order valence-corrected chi connectivity index (χ2v) is 10.7. The molecular weight excluding hydrogens is 547 g/mol. The first-order chi connectivity index (χ1) is 20.3. The second-order valence-electron chi connectivity index (χ2n) is 10.7. The third kappa shape index (κ3) is 6.25. The first-order valence-electron chi connectivity index (χ1n) is 14.3. The highest BCUT2D eigenvalue weighted by Crippen LogP contribution is 2.41. The Labute approximate surface area is 243 Å². The molecule has 0 saturated carbocycles. The minimum absolute atomic E-state index is 0.0412. The van der Waals surface area contributed by atoms with Crippen molar-refractivity contribution in [2.24, 2.45) is 0 Å². The number of carbonyl (C=O) groups is 4. The number of fused-ring (bicyclic) bond motifs is 4. The van der Waals surface area contributed by atoms with Crippen LogP contribution in [0.4, 0.5) is 9.18 Å². The largest absolute Gasteiger partial charge is 0.488 e. The number of Topliss-reactive ketones (excluding diaryl/α,β-unsaturated/α-hetero) is 1. The van der Waals surface area contributed by atoms with Crippen molar-refractivity contribution < 1.29 is 42.5 Å². The molecule has 0 radical (unpaired) electrons. The lowest BCUT2D eigenvalue weighted by Gasteiger charge is -2.25. The SMILES string of the molecule is CCCCOC(=O)N1CCCO[C@H](C(=O)N[C@@H](Cc2cc3c(cc2F)-c2cc4c(cc2CO3)C(=O)CC4)C(=O)OC)C1. The summed E-state index contributed by atoms with van der Waals surface area (Å²) in [7, 11) is 1.18. The summed E-state index contributed by atoms with van der Waals surface area (Å²) in [5, 5.41) is 2.62. The number of ketones is 1. The van der Waals surface area contributed by atoms with E-state index in [-0.39, 0.29) is 44.1 Å². The minimum Gasteiger partial charge on any atom is -0.488 e. The van der Waals surface area contributed by atoms with Crippen LogP contribution < -0.4 is 10.1 Å². The summed E-state index contributed by atoms with van der Waals surface area (Å²) in [5.74, 6) is -1.40. The van der Waals surface area contributed by atoms with Gasteiger partial charge in [-0.15, -0.1) is 0 Å². The van der Waals surface area contributed by atoms with Crippen LogP contribution in [0.5, 0.6) is 5.75 Å². The highest BCUT2D eigenvalue weighted by molar-refractivity contribution is 6.01. The van der Waals surface area contributed by atoms with E-state index in [1.54, 1.807) is 0 Å². The molecule has 2 aliphatic heterocycles. The molecule has 0 unspecified atom stereocenters. The van der Waals surface area contributed by atoms with E-state index >= 15 is 4.39 Å². The number of amides is 2. The van der Waals surface area contributed by atoms with Gasteiger partial charge >= 0.3 is 12.1 Å². The van der Waals surface area contributed by atoms with Gasteiger partial charge in [-0.25, -0.2) is 14.0 Å². The lowest BCUT2D eigenvalue weighted by Crippen LogP contribution is -2.51. The number of hydrogen-bond acceptors (Lipinski definition) is 8. The molecule has 0 aromatic heterocycles. The molecule has 2 atom stereocenters. The Morgan fingerprint density at radius 3 is 2.71 bits per heavy atom. The molecule has 0 bridgehead atoms. The van der Waals surface area contributed by atoms with Crippen LogP contribution in [0.15, 0.2) is 24.3 Å². The summed E-state index contributed by atoms with van der Waals surface area (Å²) in [6, 6.07) is 5.45. The molecule has 42 heavy (non-hydrogen) atoms. The fraction of sp³-hybridized carbons (Fsp3) is 0.484. The number of hydrogen-bond donors (Lipinski definition) is 1. The Kier molecular flexibility index (Phi) is 9.06. The molecule has 11 heteroatoms. The number of carbonyl (C=O) groups excluding carboxylic acids is 4. The number of halogens is 1. The highest BCUT2D eigenvalue weighted by Gasteiger charge is 2.33. The van der Waals surface area contributed by atoms with Gasteiger partial charge in [0.25, 0.3) is 5.91 Å². The van der Waals surface area contributed by atoms with Crippen LogP contribution in [-0.4, -0.2) is 74.2 Å². The van der Waals surface area contributed by atoms with Crippen LogP contribution in [0.3, 0.4) is 0 Å². The minimum atomic E-state index is -1.21. The molecule has 1 saturated heterocycles. The maximum atomic E-state index is 15.5. The Hall–Kier alpha value is -3.99. The van der Waals surface area contributed by atoms with Crippen molar-refractivity contribution >= 4 is 23.8 Å². The van der Waals surface area contributed by atoms with Crippen LogP contribution in [0.1, 0.15) is 59.7 Å². The van der Waals surface area contributed by atoms with Gasteiger partial charge < -0.3 is 29.2 Å². The highest BCUT2D eigenvalue weighted by atomic mass is 19.1. The van der Waals surface area contributed by atoms with Crippen molar-refractivity contribution in [1.82, 2.24) is 10.2 Å².